The lowest BCUT2D eigenvalue weighted by atomic mass is 9.97. The molecule has 1 aliphatic carbocycles. The standard InChI is InChI=1S/C25H25N5OS/c31-25(29-18-6-2-1-3-7-18)30-19-12-10-17(11-13-19)14-15-26-23-22-20-8-4-5-9-21(20)32-24(22)28-16-27-23/h1-3,6-7,10-13,16H,4-5,8-9,14-15H2,(H,26,27,28)(H2,29,30,31). The second-order valence-electron chi connectivity index (χ2n) is 7.93. The number of carbonyl (C=O) groups excluding carboxylic acids is 1. The second-order valence-corrected chi connectivity index (χ2v) is 9.02. The topological polar surface area (TPSA) is 78.9 Å². The van der Waals surface area contributed by atoms with Crippen LogP contribution in [-0.2, 0) is 19.3 Å². The largest absolute Gasteiger partial charge is 0.369 e. The van der Waals surface area contributed by atoms with Crippen molar-refractivity contribution in [2.45, 2.75) is 32.1 Å². The summed E-state index contributed by atoms with van der Waals surface area (Å²) >= 11 is 1.82. The fraction of sp³-hybridized carbons (Fsp3) is 0.240. The molecule has 0 saturated heterocycles. The molecule has 2 heterocycles. The number of hydrogen-bond donors (Lipinski definition) is 3. The number of aryl methyl sites for hydroxylation is 2. The fourth-order valence-electron chi connectivity index (χ4n) is 4.12. The molecular weight excluding hydrogens is 418 g/mol. The van der Waals surface area contributed by atoms with Gasteiger partial charge in [-0.15, -0.1) is 11.3 Å². The number of rotatable bonds is 6. The molecular formula is C25H25N5OS. The van der Waals surface area contributed by atoms with Crippen LogP contribution in [0.4, 0.5) is 22.0 Å². The number of nitrogens with zero attached hydrogens (tertiary/aromatic N) is 2. The van der Waals surface area contributed by atoms with Crippen LogP contribution in [0, 0.1) is 0 Å². The van der Waals surface area contributed by atoms with Gasteiger partial charge in [0.15, 0.2) is 0 Å². The minimum absolute atomic E-state index is 0.252. The maximum atomic E-state index is 12.1. The van der Waals surface area contributed by atoms with E-state index < -0.39 is 0 Å². The van der Waals surface area contributed by atoms with Crippen molar-refractivity contribution >= 4 is 44.8 Å². The SMILES string of the molecule is O=C(Nc1ccccc1)Nc1ccc(CCNc2ncnc3sc4c(c23)CCCC4)cc1. The highest BCUT2D eigenvalue weighted by Gasteiger charge is 2.19. The van der Waals surface area contributed by atoms with Crippen molar-refractivity contribution in [2.75, 3.05) is 22.5 Å². The molecule has 4 aromatic rings. The number of anilines is 3. The molecule has 2 aromatic carbocycles. The van der Waals surface area contributed by atoms with Gasteiger partial charge in [0.1, 0.15) is 17.0 Å². The fourth-order valence-corrected chi connectivity index (χ4v) is 5.35. The van der Waals surface area contributed by atoms with Crippen LogP contribution in [-0.4, -0.2) is 22.5 Å². The minimum Gasteiger partial charge on any atom is -0.369 e. The molecule has 6 nitrogen and oxygen atoms in total. The zero-order valence-electron chi connectivity index (χ0n) is 17.7. The highest BCUT2D eigenvalue weighted by Crippen LogP contribution is 2.38. The summed E-state index contributed by atoms with van der Waals surface area (Å²) in [6.07, 6.45) is 7.34. The monoisotopic (exact) mass is 443 g/mol. The quantitative estimate of drug-likeness (QED) is 0.348. The lowest BCUT2D eigenvalue weighted by Crippen LogP contribution is -2.19. The third-order valence-electron chi connectivity index (χ3n) is 5.70. The number of hydrogen-bond acceptors (Lipinski definition) is 5. The Balaban J connectivity index is 1.17. The number of nitrogens with one attached hydrogen (secondary N) is 3. The number of para-hydroxylation sites is 1. The molecule has 0 spiro atoms. The summed E-state index contributed by atoms with van der Waals surface area (Å²) in [5.74, 6) is 0.949. The number of thiophene rings is 1. The highest BCUT2D eigenvalue weighted by atomic mass is 32.1. The van der Waals surface area contributed by atoms with Crippen LogP contribution < -0.4 is 16.0 Å². The van der Waals surface area contributed by atoms with E-state index in [2.05, 4.69) is 25.9 Å². The molecule has 2 aromatic heterocycles. The van der Waals surface area contributed by atoms with Crippen LogP contribution >= 0.6 is 11.3 Å². The summed E-state index contributed by atoms with van der Waals surface area (Å²) < 4.78 is 0. The van der Waals surface area contributed by atoms with Gasteiger partial charge in [-0.25, -0.2) is 14.8 Å². The van der Waals surface area contributed by atoms with Crippen LogP contribution in [0.2, 0.25) is 0 Å². The summed E-state index contributed by atoms with van der Waals surface area (Å²) in [6.45, 7) is 0.790. The van der Waals surface area contributed by atoms with Crippen molar-refractivity contribution in [1.29, 1.82) is 0 Å². The molecule has 0 bridgehead atoms. The molecule has 0 saturated carbocycles. The maximum Gasteiger partial charge on any atom is 0.323 e. The van der Waals surface area contributed by atoms with Crippen LogP contribution in [0.25, 0.3) is 10.2 Å². The molecule has 0 radical (unpaired) electrons. The third kappa shape index (κ3) is 4.57. The van der Waals surface area contributed by atoms with E-state index in [0.717, 1.165) is 41.4 Å². The van der Waals surface area contributed by atoms with Crippen LogP contribution in [0.3, 0.4) is 0 Å². The van der Waals surface area contributed by atoms with Crippen molar-refractivity contribution in [1.82, 2.24) is 9.97 Å². The molecule has 5 rings (SSSR count). The maximum absolute atomic E-state index is 12.1. The first kappa shape index (κ1) is 20.5. The average Bonchev–Trinajstić information content (AvgIpc) is 3.20. The molecule has 0 fully saturated rings. The molecule has 162 valence electrons. The van der Waals surface area contributed by atoms with Gasteiger partial charge in [-0.2, -0.15) is 0 Å². The van der Waals surface area contributed by atoms with Crippen LogP contribution in [0.5, 0.6) is 0 Å². The van der Waals surface area contributed by atoms with Crippen molar-refractivity contribution in [3.05, 3.63) is 76.9 Å². The Morgan fingerprint density at radius 2 is 1.66 bits per heavy atom. The lowest BCUT2D eigenvalue weighted by molar-refractivity contribution is 0.262. The van der Waals surface area contributed by atoms with E-state index in [0.29, 0.717) is 0 Å². The molecule has 0 aliphatic heterocycles. The van der Waals surface area contributed by atoms with Gasteiger partial charge in [-0.1, -0.05) is 30.3 Å². The third-order valence-corrected chi connectivity index (χ3v) is 6.90. The van der Waals surface area contributed by atoms with Crippen molar-refractivity contribution in [3.8, 4) is 0 Å². The predicted molar refractivity (Wildman–Crippen MR) is 132 cm³/mol. The Labute approximate surface area is 191 Å². The van der Waals surface area contributed by atoms with E-state index >= 15 is 0 Å². The van der Waals surface area contributed by atoms with Gasteiger partial charge in [0.2, 0.25) is 0 Å². The predicted octanol–water partition coefficient (Wildman–Crippen LogP) is 5.87. The van der Waals surface area contributed by atoms with E-state index in [9.17, 15) is 4.79 Å². The zero-order valence-corrected chi connectivity index (χ0v) is 18.5. The molecule has 0 atom stereocenters. The number of aromatic nitrogens is 2. The number of fused-ring (bicyclic) bond motifs is 3. The molecule has 3 N–H and O–H groups in total. The summed E-state index contributed by atoms with van der Waals surface area (Å²) in [7, 11) is 0. The summed E-state index contributed by atoms with van der Waals surface area (Å²) in [5.41, 5.74) is 4.17. The first-order chi connectivity index (χ1) is 15.8. The molecule has 32 heavy (non-hydrogen) atoms. The number of carbonyl (C=O) groups is 1. The van der Waals surface area contributed by atoms with Gasteiger partial charge in [0.25, 0.3) is 0 Å². The smallest absolute Gasteiger partial charge is 0.323 e. The average molecular weight is 444 g/mol. The van der Waals surface area contributed by atoms with Crippen molar-refractivity contribution in [3.63, 3.8) is 0 Å². The molecule has 7 heteroatoms. The Hall–Kier alpha value is -3.45. The zero-order chi connectivity index (χ0) is 21.8. The normalized spacial score (nSPS) is 12.9. The lowest BCUT2D eigenvalue weighted by Gasteiger charge is -2.12. The van der Waals surface area contributed by atoms with Gasteiger partial charge in [-0.3, -0.25) is 0 Å². The second kappa shape index (κ2) is 9.36. The summed E-state index contributed by atoms with van der Waals surface area (Å²) in [4.78, 5) is 23.7. The van der Waals surface area contributed by atoms with Gasteiger partial charge in [0, 0.05) is 22.8 Å². The Bertz CT molecular complexity index is 1220. The number of urea groups is 1. The van der Waals surface area contributed by atoms with Crippen LogP contribution in [0.1, 0.15) is 28.8 Å². The van der Waals surface area contributed by atoms with E-state index in [1.807, 2.05) is 65.9 Å². The van der Waals surface area contributed by atoms with Gasteiger partial charge < -0.3 is 16.0 Å². The Morgan fingerprint density at radius 3 is 2.47 bits per heavy atom. The van der Waals surface area contributed by atoms with Crippen molar-refractivity contribution in [2.24, 2.45) is 0 Å². The Morgan fingerprint density at radius 1 is 0.906 bits per heavy atom. The van der Waals surface area contributed by atoms with E-state index in [4.69, 9.17) is 0 Å². The first-order valence-electron chi connectivity index (χ1n) is 11.0. The van der Waals surface area contributed by atoms with Crippen LogP contribution in [0.15, 0.2) is 60.9 Å². The van der Waals surface area contributed by atoms with E-state index in [1.54, 1.807) is 6.33 Å². The van der Waals surface area contributed by atoms with Gasteiger partial charge >= 0.3 is 6.03 Å². The molecule has 1 aliphatic rings. The van der Waals surface area contributed by atoms with E-state index in [1.165, 1.54) is 40.7 Å². The highest BCUT2D eigenvalue weighted by molar-refractivity contribution is 7.19. The number of amides is 2. The number of benzene rings is 2. The van der Waals surface area contributed by atoms with Gasteiger partial charge in [-0.05, 0) is 67.5 Å². The van der Waals surface area contributed by atoms with Gasteiger partial charge in [0.05, 0.1) is 5.39 Å². The van der Waals surface area contributed by atoms with Crippen molar-refractivity contribution < 1.29 is 4.79 Å². The minimum atomic E-state index is -0.252. The Kier molecular flexibility index (Phi) is 5.98. The molecule has 2 amide bonds. The summed E-state index contributed by atoms with van der Waals surface area (Å²) in [5, 5.41) is 10.4. The summed E-state index contributed by atoms with van der Waals surface area (Å²) in [6, 6.07) is 17.1. The molecule has 0 unspecified atom stereocenters. The first-order valence-corrected chi connectivity index (χ1v) is 11.8. The van der Waals surface area contributed by atoms with E-state index in [-0.39, 0.29) is 6.03 Å².